The van der Waals surface area contributed by atoms with E-state index in [1.54, 1.807) is 31.2 Å². The predicted octanol–water partition coefficient (Wildman–Crippen LogP) is 4.86. The zero-order valence-electron chi connectivity index (χ0n) is 18.0. The fourth-order valence-electron chi connectivity index (χ4n) is 3.71. The molecule has 0 bridgehead atoms. The highest BCUT2D eigenvalue weighted by Gasteiger charge is 2.12. The smallest absolute Gasteiger partial charge is 0.228 e. The highest BCUT2D eigenvalue weighted by Crippen LogP contribution is 2.17. The fourth-order valence-corrected chi connectivity index (χ4v) is 4.60. The molecule has 1 heterocycles. The lowest BCUT2D eigenvalue weighted by atomic mass is 10.1. The molecule has 0 spiro atoms. The Morgan fingerprint density at radius 3 is 2.28 bits per heavy atom. The normalized spacial score (nSPS) is 11.5. The minimum Gasteiger partial charge on any atom is -0.347 e. The zero-order chi connectivity index (χ0) is 22.6. The molecule has 0 unspecified atom stereocenters. The SMILES string of the molecule is CCS(=O)(=O)c1ccc(CC(=O)Nc2ccc(CCn3ccc4ccccc43)cc2)cc1. The molecule has 32 heavy (non-hydrogen) atoms. The number of fused-ring (bicyclic) bond motifs is 1. The molecule has 5 nitrogen and oxygen atoms in total. The first-order chi connectivity index (χ1) is 15.4. The Morgan fingerprint density at radius 2 is 1.56 bits per heavy atom. The number of aryl methyl sites for hydroxylation is 2. The lowest BCUT2D eigenvalue weighted by molar-refractivity contribution is -0.115. The first kappa shape index (κ1) is 21.8. The van der Waals surface area contributed by atoms with Gasteiger partial charge in [-0.3, -0.25) is 4.79 Å². The molecule has 1 N–H and O–H groups in total. The number of carbonyl (C=O) groups excluding carboxylic acids is 1. The largest absolute Gasteiger partial charge is 0.347 e. The third-order valence-electron chi connectivity index (χ3n) is 5.59. The number of hydrogen-bond acceptors (Lipinski definition) is 3. The molecule has 1 aromatic heterocycles. The molecule has 4 rings (SSSR count). The molecule has 6 heteroatoms. The van der Waals surface area contributed by atoms with Gasteiger partial charge in [-0.25, -0.2) is 8.42 Å². The molecule has 0 saturated carbocycles. The molecule has 0 saturated heterocycles. The lowest BCUT2D eigenvalue weighted by Gasteiger charge is -2.09. The van der Waals surface area contributed by atoms with E-state index in [2.05, 4.69) is 40.3 Å². The van der Waals surface area contributed by atoms with Gasteiger partial charge in [0, 0.05) is 23.9 Å². The van der Waals surface area contributed by atoms with Crippen LogP contribution >= 0.6 is 0 Å². The molecule has 0 aliphatic carbocycles. The Kier molecular flexibility index (Phi) is 6.42. The maximum absolute atomic E-state index is 12.4. The van der Waals surface area contributed by atoms with E-state index < -0.39 is 9.84 Å². The number of para-hydroxylation sites is 1. The maximum atomic E-state index is 12.4. The number of aromatic nitrogens is 1. The van der Waals surface area contributed by atoms with Crippen molar-refractivity contribution < 1.29 is 13.2 Å². The van der Waals surface area contributed by atoms with Crippen LogP contribution in [0, 0.1) is 0 Å². The summed E-state index contributed by atoms with van der Waals surface area (Å²) in [6.07, 6.45) is 3.21. The van der Waals surface area contributed by atoms with Crippen molar-refractivity contribution in [2.75, 3.05) is 11.1 Å². The number of nitrogens with one attached hydrogen (secondary N) is 1. The quantitative estimate of drug-likeness (QED) is 0.420. The zero-order valence-corrected chi connectivity index (χ0v) is 18.8. The molecule has 0 aliphatic heterocycles. The van der Waals surface area contributed by atoms with E-state index in [0.717, 1.165) is 24.2 Å². The van der Waals surface area contributed by atoms with Crippen LogP contribution in [-0.2, 0) is 34.0 Å². The molecule has 3 aromatic carbocycles. The Labute approximate surface area is 188 Å². The first-order valence-electron chi connectivity index (χ1n) is 10.7. The average molecular weight is 447 g/mol. The Morgan fingerprint density at radius 1 is 0.875 bits per heavy atom. The van der Waals surface area contributed by atoms with Crippen molar-refractivity contribution in [2.24, 2.45) is 0 Å². The highest BCUT2D eigenvalue weighted by molar-refractivity contribution is 7.91. The predicted molar refractivity (Wildman–Crippen MR) is 129 cm³/mol. The number of amides is 1. The van der Waals surface area contributed by atoms with E-state index in [-0.39, 0.29) is 23.0 Å². The molecule has 4 aromatic rings. The number of sulfone groups is 1. The van der Waals surface area contributed by atoms with Gasteiger partial charge in [0.2, 0.25) is 5.91 Å². The molecule has 0 atom stereocenters. The van der Waals surface area contributed by atoms with Gasteiger partial charge in [-0.05, 0) is 59.3 Å². The van der Waals surface area contributed by atoms with Crippen molar-refractivity contribution >= 4 is 32.3 Å². The summed E-state index contributed by atoms with van der Waals surface area (Å²) >= 11 is 0. The minimum absolute atomic E-state index is 0.0604. The first-order valence-corrected chi connectivity index (χ1v) is 12.3. The van der Waals surface area contributed by atoms with Gasteiger partial charge in [-0.2, -0.15) is 0 Å². The molecule has 0 radical (unpaired) electrons. The van der Waals surface area contributed by atoms with Gasteiger partial charge in [0.15, 0.2) is 9.84 Å². The van der Waals surface area contributed by atoms with E-state index >= 15 is 0 Å². The van der Waals surface area contributed by atoms with Crippen molar-refractivity contribution in [1.29, 1.82) is 0 Å². The van der Waals surface area contributed by atoms with Gasteiger partial charge in [0.05, 0.1) is 17.1 Å². The van der Waals surface area contributed by atoms with E-state index in [0.29, 0.717) is 0 Å². The molecule has 0 aliphatic rings. The van der Waals surface area contributed by atoms with Crippen LogP contribution in [0.5, 0.6) is 0 Å². The summed E-state index contributed by atoms with van der Waals surface area (Å²) in [7, 11) is -3.23. The minimum atomic E-state index is -3.23. The van der Waals surface area contributed by atoms with Gasteiger partial charge in [0.25, 0.3) is 0 Å². The van der Waals surface area contributed by atoms with Gasteiger partial charge in [0.1, 0.15) is 0 Å². The maximum Gasteiger partial charge on any atom is 0.228 e. The van der Waals surface area contributed by atoms with Crippen molar-refractivity contribution in [3.05, 3.63) is 96.2 Å². The van der Waals surface area contributed by atoms with E-state index in [9.17, 15) is 13.2 Å². The second-order valence-corrected chi connectivity index (χ2v) is 10.1. The summed E-state index contributed by atoms with van der Waals surface area (Å²) in [6, 6.07) is 24.9. The summed E-state index contributed by atoms with van der Waals surface area (Å²) in [5, 5.41) is 4.15. The van der Waals surface area contributed by atoms with Crippen molar-refractivity contribution in [3.63, 3.8) is 0 Å². The molecular formula is C26H26N2O3S. The van der Waals surface area contributed by atoms with Gasteiger partial charge >= 0.3 is 0 Å². The number of benzene rings is 3. The van der Waals surface area contributed by atoms with Crippen LogP contribution in [0.1, 0.15) is 18.1 Å². The van der Waals surface area contributed by atoms with Gasteiger partial charge in [-0.15, -0.1) is 0 Å². The van der Waals surface area contributed by atoms with Crippen LogP contribution in [0.25, 0.3) is 10.9 Å². The summed E-state index contributed by atoms with van der Waals surface area (Å²) in [6.45, 7) is 2.51. The average Bonchev–Trinajstić information content (AvgIpc) is 3.22. The van der Waals surface area contributed by atoms with Crippen LogP contribution in [0.15, 0.2) is 90.0 Å². The van der Waals surface area contributed by atoms with Crippen LogP contribution in [0.4, 0.5) is 5.69 Å². The monoisotopic (exact) mass is 446 g/mol. The molecule has 0 fully saturated rings. The standard InChI is InChI=1S/C26H26N2O3S/c1-2-32(30,31)24-13-9-21(10-14-24)19-26(29)27-23-11-7-20(8-12-23)15-17-28-18-16-22-5-3-4-6-25(22)28/h3-14,16,18H,2,15,17,19H2,1H3,(H,27,29). The summed E-state index contributed by atoms with van der Waals surface area (Å²) in [5.41, 5.74) is 3.95. The van der Waals surface area contributed by atoms with Gasteiger partial charge < -0.3 is 9.88 Å². The number of rotatable bonds is 8. The van der Waals surface area contributed by atoms with E-state index in [1.165, 1.54) is 16.5 Å². The molecule has 164 valence electrons. The van der Waals surface area contributed by atoms with Crippen LogP contribution < -0.4 is 5.32 Å². The summed E-state index contributed by atoms with van der Waals surface area (Å²) in [5.74, 6) is -0.0761. The van der Waals surface area contributed by atoms with Crippen molar-refractivity contribution in [1.82, 2.24) is 4.57 Å². The second kappa shape index (κ2) is 9.40. The summed E-state index contributed by atoms with van der Waals surface area (Å²) < 4.78 is 26.0. The highest BCUT2D eigenvalue weighted by atomic mass is 32.2. The number of nitrogens with zero attached hydrogens (tertiary/aromatic N) is 1. The van der Waals surface area contributed by atoms with Crippen molar-refractivity contribution in [2.45, 2.75) is 31.2 Å². The van der Waals surface area contributed by atoms with Crippen molar-refractivity contribution in [3.8, 4) is 0 Å². The third-order valence-corrected chi connectivity index (χ3v) is 7.34. The number of hydrogen-bond donors (Lipinski definition) is 1. The second-order valence-electron chi connectivity index (χ2n) is 7.79. The number of carbonyl (C=O) groups is 1. The van der Waals surface area contributed by atoms with Gasteiger partial charge in [-0.1, -0.05) is 49.4 Å². The van der Waals surface area contributed by atoms with Crippen LogP contribution in [0.3, 0.4) is 0 Å². The fraction of sp³-hybridized carbons (Fsp3) is 0.192. The third kappa shape index (κ3) is 5.08. The summed E-state index contributed by atoms with van der Waals surface area (Å²) in [4.78, 5) is 12.7. The topological polar surface area (TPSA) is 68.2 Å². The number of anilines is 1. The Hall–Kier alpha value is -3.38. The molecule has 1 amide bonds. The van der Waals surface area contributed by atoms with E-state index in [4.69, 9.17) is 0 Å². The van der Waals surface area contributed by atoms with Crippen LogP contribution in [-0.4, -0.2) is 24.6 Å². The van der Waals surface area contributed by atoms with Crippen LogP contribution in [0.2, 0.25) is 0 Å². The molecular weight excluding hydrogens is 420 g/mol. The lowest BCUT2D eigenvalue weighted by Crippen LogP contribution is -2.14. The Bertz CT molecular complexity index is 1320. The Balaban J connectivity index is 1.31. The van der Waals surface area contributed by atoms with E-state index in [1.807, 2.05) is 30.3 Å².